The van der Waals surface area contributed by atoms with Gasteiger partial charge in [0.05, 0.1) is 11.1 Å². The molecule has 0 aliphatic heterocycles. The van der Waals surface area contributed by atoms with E-state index >= 15 is 0 Å². The Balaban J connectivity index is 1.06. The fourth-order valence-electron chi connectivity index (χ4n) is 10.5. The SMILES string of the molecule is c1ccc(N(c2cccc(-c3cccc4sc5ccc6c7ccccc7sc6c5c34)c2)c2cccc3c2-c2ccccc2C32c3ccccc3-c3ccccc32)cc1. The lowest BCUT2D eigenvalue weighted by atomic mass is 9.70. The molecule has 3 heteroatoms. The van der Waals surface area contributed by atoms with E-state index in [2.05, 4.69) is 205 Å². The Labute approximate surface area is 344 Å². The van der Waals surface area contributed by atoms with Crippen molar-refractivity contribution < 1.29 is 0 Å². The average molecular weight is 772 g/mol. The van der Waals surface area contributed by atoms with Gasteiger partial charge in [0.1, 0.15) is 0 Å². The largest absolute Gasteiger partial charge is 0.310 e. The highest BCUT2D eigenvalue weighted by Gasteiger charge is 2.52. The van der Waals surface area contributed by atoms with Gasteiger partial charge in [-0.2, -0.15) is 0 Å². The molecule has 9 aromatic carbocycles. The molecule has 0 fully saturated rings. The smallest absolute Gasteiger partial charge is 0.0726 e. The Morgan fingerprint density at radius 1 is 0.362 bits per heavy atom. The predicted molar refractivity (Wildman–Crippen MR) is 249 cm³/mol. The number of benzene rings is 9. The van der Waals surface area contributed by atoms with Crippen molar-refractivity contribution in [2.24, 2.45) is 0 Å². The summed E-state index contributed by atoms with van der Waals surface area (Å²) in [5, 5.41) is 5.40. The van der Waals surface area contributed by atoms with E-state index in [1.54, 1.807) is 0 Å². The van der Waals surface area contributed by atoms with Crippen LogP contribution in [-0.4, -0.2) is 0 Å². The lowest BCUT2D eigenvalue weighted by Gasteiger charge is -2.32. The number of para-hydroxylation sites is 1. The van der Waals surface area contributed by atoms with Crippen LogP contribution in [0.25, 0.3) is 73.7 Å². The van der Waals surface area contributed by atoms with E-state index in [9.17, 15) is 0 Å². The highest BCUT2D eigenvalue weighted by molar-refractivity contribution is 7.29. The topological polar surface area (TPSA) is 3.24 Å². The fourth-order valence-corrected chi connectivity index (χ4v) is 12.9. The Bertz CT molecular complexity index is 3430. The van der Waals surface area contributed by atoms with Crippen molar-refractivity contribution in [1.29, 1.82) is 0 Å². The van der Waals surface area contributed by atoms with Gasteiger partial charge in [0.15, 0.2) is 0 Å². The van der Waals surface area contributed by atoms with E-state index in [4.69, 9.17) is 0 Å². The molecule has 0 bridgehead atoms. The monoisotopic (exact) mass is 771 g/mol. The average Bonchev–Trinajstić information content (AvgIpc) is 4.02. The summed E-state index contributed by atoms with van der Waals surface area (Å²) in [5.74, 6) is 0. The molecule has 0 N–H and O–H groups in total. The Morgan fingerprint density at radius 3 is 1.76 bits per heavy atom. The molecule has 1 nitrogen and oxygen atoms in total. The Hall–Kier alpha value is -6.78. The molecule has 270 valence electrons. The van der Waals surface area contributed by atoms with Gasteiger partial charge in [-0.05, 0) is 98.6 Å². The van der Waals surface area contributed by atoms with Crippen LogP contribution in [0, 0.1) is 0 Å². The molecule has 0 unspecified atom stereocenters. The maximum absolute atomic E-state index is 2.49. The van der Waals surface area contributed by atoms with Crippen LogP contribution in [0.3, 0.4) is 0 Å². The van der Waals surface area contributed by atoms with Gasteiger partial charge in [-0.25, -0.2) is 0 Å². The normalized spacial score (nSPS) is 13.3. The van der Waals surface area contributed by atoms with Gasteiger partial charge in [0.25, 0.3) is 0 Å². The van der Waals surface area contributed by atoms with Crippen LogP contribution in [-0.2, 0) is 5.41 Å². The summed E-state index contributed by atoms with van der Waals surface area (Å²) in [5.41, 5.74) is 16.1. The van der Waals surface area contributed by atoms with Gasteiger partial charge in [-0.15, -0.1) is 22.7 Å². The van der Waals surface area contributed by atoms with Gasteiger partial charge >= 0.3 is 0 Å². The summed E-state index contributed by atoms with van der Waals surface area (Å²) in [6.07, 6.45) is 0. The van der Waals surface area contributed by atoms with Crippen molar-refractivity contribution in [2.45, 2.75) is 5.41 Å². The lowest BCUT2D eigenvalue weighted by molar-refractivity contribution is 0.794. The molecule has 11 aromatic rings. The van der Waals surface area contributed by atoms with Crippen molar-refractivity contribution in [1.82, 2.24) is 0 Å². The van der Waals surface area contributed by atoms with Crippen LogP contribution < -0.4 is 4.90 Å². The van der Waals surface area contributed by atoms with E-state index < -0.39 is 5.41 Å². The Morgan fingerprint density at radius 2 is 0.948 bits per heavy atom. The number of hydrogen-bond acceptors (Lipinski definition) is 3. The van der Waals surface area contributed by atoms with Crippen molar-refractivity contribution in [3.05, 3.63) is 222 Å². The van der Waals surface area contributed by atoms with Gasteiger partial charge in [0.2, 0.25) is 0 Å². The first-order valence-corrected chi connectivity index (χ1v) is 21.6. The molecule has 2 aliphatic carbocycles. The zero-order valence-electron chi connectivity index (χ0n) is 31.3. The zero-order valence-corrected chi connectivity index (χ0v) is 32.9. The standard InChI is InChI=1S/C55H33NS2/c1-2-16-35(17-3-1)56(47-28-14-27-46-51(47)42-22-6-10-26-45(42)55(46)43-24-8-4-19-38(43)39-20-5-9-25-44(39)55)36-18-12-15-34(33-36)37-23-13-30-49-52(37)53-50(57-49)32-31-41-40-21-7-11-29-48(40)58-54(41)53/h1-33H. The van der Waals surface area contributed by atoms with E-state index in [0.29, 0.717) is 0 Å². The summed E-state index contributed by atoms with van der Waals surface area (Å²) in [6, 6.07) is 74.7. The molecule has 0 saturated carbocycles. The molecule has 0 radical (unpaired) electrons. The van der Waals surface area contributed by atoms with Gasteiger partial charge < -0.3 is 4.90 Å². The van der Waals surface area contributed by atoms with E-state index in [1.165, 1.54) is 102 Å². The molecule has 0 amide bonds. The minimum absolute atomic E-state index is 0.410. The minimum Gasteiger partial charge on any atom is -0.310 e. The molecule has 2 aromatic heterocycles. The molecule has 13 rings (SSSR count). The quantitative estimate of drug-likeness (QED) is 0.172. The highest BCUT2D eigenvalue weighted by atomic mass is 32.1. The number of thiophene rings is 2. The van der Waals surface area contributed by atoms with Crippen molar-refractivity contribution >= 4 is 80.1 Å². The summed E-state index contributed by atoms with van der Waals surface area (Å²) in [7, 11) is 0. The van der Waals surface area contributed by atoms with Crippen molar-refractivity contribution in [2.75, 3.05) is 4.90 Å². The van der Waals surface area contributed by atoms with Gasteiger partial charge in [0, 0.05) is 57.3 Å². The molecule has 58 heavy (non-hydrogen) atoms. The third-order valence-electron chi connectivity index (χ3n) is 12.7. The number of hydrogen-bond donors (Lipinski definition) is 0. The molecule has 2 heterocycles. The van der Waals surface area contributed by atoms with Crippen LogP contribution in [0.2, 0.25) is 0 Å². The van der Waals surface area contributed by atoms with Crippen LogP contribution in [0.4, 0.5) is 17.1 Å². The summed E-state index contributed by atoms with van der Waals surface area (Å²) < 4.78 is 5.38. The van der Waals surface area contributed by atoms with Crippen LogP contribution in [0.15, 0.2) is 200 Å². The van der Waals surface area contributed by atoms with Crippen molar-refractivity contribution in [3.63, 3.8) is 0 Å². The first-order valence-electron chi connectivity index (χ1n) is 19.9. The second kappa shape index (κ2) is 12.1. The molecule has 1 spiro atoms. The second-order valence-corrected chi connectivity index (χ2v) is 17.6. The lowest BCUT2D eigenvalue weighted by Crippen LogP contribution is -2.26. The zero-order chi connectivity index (χ0) is 38.0. The molecular formula is C55H33NS2. The first kappa shape index (κ1) is 32.3. The molecular weight excluding hydrogens is 739 g/mol. The van der Waals surface area contributed by atoms with Gasteiger partial charge in [-0.3, -0.25) is 0 Å². The number of nitrogens with zero attached hydrogens (tertiary/aromatic N) is 1. The first-order chi connectivity index (χ1) is 28.8. The van der Waals surface area contributed by atoms with E-state index in [0.717, 1.165) is 11.4 Å². The van der Waals surface area contributed by atoms with Crippen LogP contribution in [0.5, 0.6) is 0 Å². The third kappa shape index (κ3) is 4.24. The maximum atomic E-state index is 2.49. The molecule has 0 atom stereocenters. The van der Waals surface area contributed by atoms with Gasteiger partial charge in [-0.1, -0.05) is 152 Å². The van der Waals surface area contributed by atoms with Crippen LogP contribution >= 0.6 is 22.7 Å². The summed E-state index contributed by atoms with van der Waals surface area (Å²) in [4.78, 5) is 2.49. The van der Waals surface area contributed by atoms with Crippen LogP contribution in [0.1, 0.15) is 22.3 Å². The second-order valence-electron chi connectivity index (χ2n) is 15.5. The molecule has 0 saturated heterocycles. The van der Waals surface area contributed by atoms with E-state index in [1.807, 2.05) is 22.7 Å². The highest BCUT2D eigenvalue weighted by Crippen LogP contribution is 2.64. The predicted octanol–water partition coefficient (Wildman–Crippen LogP) is 15.9. The summed E-state index contributed by atoms with van der Waals surface area (Å²) >= 11 is 3.82. The summed E-state index contributed by atoms with van der Waals surface area (Å²) in [6.45, 7) is 0. The molecule has 2 aliphatic rings. The number of rotatable bonds is 4. The number of fused-ring (bicyclic) bond motifs is 17. The number of anilines is 3. The third-order valence-corrected chi connectivity index (χ3v) is 15.0. The minimum atomic E-state index is -0.410. The van der Waals surface area contributed by atoms with E-state index in [-0.39, 0.29) is 0 Å². The maximum Gasteiger partial charge on any atom is 0.0726 e. The Kier molecular flexibility index (Phi) is 6.75. The fraction of sp³-hybridized carbons (Fsp3) is 0.0182. The van der Waals surface area contributed by atoms with Crippen molar-refractivity contribution in [3.8, 4) is 33.4 Å².